The Hall–Kier alpha value is -1.45. The first-order valence-electron chi connectivity index (χ1n) is 6.95. The third kappa shape index (κ3) is 3.75. The summed E-state index contributed by atoms with van der Waals surface area (Å²) in [4.78, 5) is 4.51. The van der Waals surface area contributed by atoms with Crippen molar-refractivity contribution in [3.8, 4) is 0 Å². The third-order valence-electron chi connectivity index (χ3n) is 3.26. The molecule has 1 aromatic heterocycles. The van der Waals surface area contributed by atoms with Crippen molar-refractivity contribution in [2.24, 2.45) is 0 Å². The van der Waals surface area contributed by atoms with Crippen LogP contribution in [0.4, 0.5) is 0 Å². The van der Waals surface area contributed by atoms with Gasteiger partial charge in [0.2, 0.25) is 0 Å². The van der Waals surface area contributed by atoms with E-state index in [1.807, 2.05) is 31.4 Å². The van der Waals surface area contributed by atoms with E-state index in [0.29, 0.717) is 6.04 Å². The smallest absolute Gasteiger partial charge is 0.0702 e. The Morgan fingerprint density at radius 3 is 2.89 bits per heavy atom. The molecule has 19 heavy (non-hydrogen) atoms. The summed E-state index contributed by atoms with van der Waals surface area (Å²) in [5, 5.41) is 4.53. The Bertz CT molecular complexity index is 513. The van der Waals surface area contributed by atoms with E-state index in [2.05, 4.69) is 29.4 Å². The van der Waals surface area contributed by atoms with Gasteiger partial charge < -0.3 is 10.1 Å². The highest BCUT2D eigenvalue weighted by Gasteiger charge is 2.10. The molecule has 1 heterocycles. The first-order chi connectivity index (χ1) is 9.35. The molecule has 0 aliphatic rings. The van der Waals surface area contributed by atoms with Crippen LogP contribution in [0.5, 0.6) is 0 Å². The van der Waals surface area contributed by atoms with Crippen LogP contribution in [0.3, 0.4) is 0 Å². The number of hydrogen-bond donors (Lipinski definition) is 1. The van der Waals surface area contributed by atoms with Gasteiger partial charge >= 0.3 is 0 Å². The second kappa shape index (κ2) is 7.22. The van der Waals surface area contributed by atoms with Crippen molar-refractivity contribution in [1.82, 2.24) is 10.3 Å². The molecule has 0 radical (unpaired) electrons. The van der Waals surface area contributed by atoms with E-state index in [4.69, 9.17) is 4.74 Å². The lowest BCUT2D eigenvalue weighted by Crippen LogP contribution is -2.18. The number of fused-ring (bicyclic) bond motifs is 1. The van der Waals surface area contributed by atoms with Crippen molar-refractivity contribution in [3.05, 3.63) is 42.1 Å². The lowest BCUT2D eigenvalue weighted by Gasteiger charge is -2.16. The van der Waals surface area contributed by atoms with Gasteiger partial charge in [0, 0.05) is 30.8 Å². The number of ether oxygens (including phenoxy) is 1. The molecular weight excluding hydrogens is 236 g/mol. The minimum atomic E-state index is 0.300. The Kier molecular flexibility index (Phi) is 5.31. The highest BCUT2D eigenvalue weighted by atomic mass is 16.5. The fourth-order valence-corrected chi connectivity index (χ4v) is 2.20. The molecule has 3 heteroatoms. The van der Waals surface area contributed by atoms with Crippen LogP contribution < -0.4 is 5.32 Å². The molecule has 2 rings (SSSR count). The minimum absolute atomic E-state index is 0.300. The lowest BCUT2D eigenvalue weighted by atomic mass is 10.0. The van der Waals surface area contributed by atoms with Crippen LogP contribution in [-0.2, 0) is 4.74 Å². The maximum absolute atomic E-state index is 5.56. The Morgan fingerprint density at radius 1 is 1.26 bits per heavy atom. The van der Waals surface area contributed by atoms with Gasteiger partial charge in [-0.15, -0.1) is 0 Å². The summed E-state index contributed by atoms with van der Waals surface area (Å²) in [7, 11) is 1.99. The Balaban J connectivity index is 2.07. The van der Waals surface area contributed by atoms with Crippen LogP contribution >= 0.6 is 0 Å². The van der Waals surface area contributed by atoms with Gasteiger partial charge in [-0.2, -0.15) is 0 Å². The summed E-state index contributed by atoms with van der Waals surface area (Å²) in [6.07, 6.45) is 4.00. The van der Waals surface area contributed by atoms with E-state index in [1.165, 1.54) is 10.9 Å². The molecule has 1 N–H and O–H groups in total. The molecule has 0 spiro atoms. The second-order valence-corrected chi connectivity index (χ2v) is 4.70. The number of rotatable bonds is 7. The Morgan fingerprint density at radius 2 is 2.11 bits per heavy atom. The van der Waals surface area contributed by atoms with Crippen molar-refractivity contribution >= 4 is 10.9 Å². The topological polar surface area (TPSA) is 34.1 Å². The fourth-order valence-electron chi connectivity index (χ4n) is 2.20. The average molecular weight is 258 g/mol. The Labute approximate surface area is 115 Å². The number of hydrogen-bond acceptors (Lipinski definition) is 3. The number of nitrogens with zero attached hydrogens (tertiary/aromatic N) is 1. The van der Waals surface area contributed by atoms with Crippen LogP contribution in [0, 0.1) is 0 Å². The van der Waals surface area contributed by atoms with Crippen LogP contribution in [0.1, 0.15) is 31.4 Å². The molecule has 0 aliphatic heterocycles. The van der Waals surface area contributed by atoms with Crippen molar-refractivity contribution in [2.45, 2.75) is 25.8 Å². The summed E-state index contributed by atoms with van der Waals surface area (Å²) in [5.41, 5.74) is 2.27. The average Bonchev–Trinajstić information content (AvgIpc) is 2.47. The number of benzene rings is 1. The van der Waals surface area contributed by atoms with Gasteiger partial charge in [0.1, 0.15) is 0 Å². The van der Waals surface area contributed by atoms with Gasteiger partial charge in [0.25, 0.3) is 0 Å². The van der Waals surface area contributed by atoms with Crippen molar-refractivity contribution in [3.63, 3.8) is 0 Å². The van der Waals surface area contributed by atoms with Crippen LogP contribution in [-0.4, -0.2) is 25.2 Å². The van der Waals surface area contributed by atoms with Gasteiger partial charge in [0.15, 0.2) is 0 Å². The summed E-state index contributed by atoms with van der Waals surface area (Å²) < 4.78 is 5.56. The zero-order valence-electron chi connectivity index (χ0n) is 11.7. The number of nitrogens with one attached hydrogen (secondary N) is 1. The SMILES string of the molecule is CCCOCCC(NC)c1cnc2ccccc2c1. The predicted octanol–water partition coefficient (Wildman–Crippen LogP) is 3.31. The normalized spacial score (nSPS) is 12.7. The third-order valence-corrected chi connectivity index (χ3v) is 3.26. The van der Waals surface area contributed by atoms with E-state index < -0.39 is 0 Å². The van der Waals surface area contributed by atoms with Crippen LogP contribution in [0.2, 0.25) is 0 Å². The molecule has 3 nitrogen and oxygen atoms in total. The van der Waals surface area contributed by atoms with Crippen LogP contribution in [0.25, 0.3) is 10.9 Å². The summed E-state index contributed by atoms with van der Waals surface area (Å²) >= 11 is 0. The molecule has 1 unspecified atom stereocenters. The first-order valence-corrected chi connectivity index (χ1v) is 6.95. The highest BCUT2D eigenvalue weighted by Crippen LogP contribution is 2.20. The van der Waals surface area contributed by atoms with Crippen molar-refractivity contribution in [1.29, 1.82) is 0 Å². The molecule has 0 saturated carbocycles. The molecule has 1 aromatic carbocycles. The van der Waals surface area contributed by atoms with Gasteiger partial charge in [0.05, 0.1) is 5.52 Å². The summed E-state index contributed by atoms with van der Waals surface area (Å²) in [5.74, 6) is 0. The van der Waals surface area contributed by atoms with Crippen molar-refractivity contribution in [2.75, 3.05) is 20.3 Å². The standard InChI is InChI=1S/C16H22N2O/c1-3-9-19-10-8-15(17-2)14-11-13-6-4-5-7-16(13)18-12-14/h4-7,11-12,15,17H,3,8-10H2,1-2H3. The zero-order chi connectivity index (χ0) is 13.5. The quantitative estimate of drug-likeness (QED) is 0.774. The highest BCUT2D eigenvalue weighted by molar-refractivity contribution is 5.78. The monoisotopic (exact) mass is 258 g/mol. The number of aromatic nitrogens is 1. The molecule has 2 aromatic rings. The van der Waals surface area contributed by atoms with Gasteiger partial charge in [-0.3, -0.25) is 4.98 Å². The van der Waals surface area contributed by atoms with Gasteiger partial charge in [-0.25, -0.2) is 0 Å². The first kappa shape index (κ1) is 14.0. The maximum Gasteiger partial charge on any atom is 0.0702 e. The molecule has 0 amide bonds. The molecule has 0 saturated heterocycles. The second-order valence-electron chi connectivity index (χ2n) is 4.70. The van der Waals surface area contributed by atoms with Gasteiger partial charge in [-0.1, -0.05) is 25.1 Å². The maximum atomic E-state index is 5.56. The molecular formula is C16H22N2O. The largest absolute Gasteiger partial charge is 0.381 e. The predicted molar refractivity (Wildman–Crippen MR) is 79.3 cm³/mol. The molecule has 0 fully saturated rings. The zero-order valence-corrected chi connectivity index (χ0v) is 11.7. The number of pyridine rings is 1. The summed E-state index contributed by atoms with van der Waals surface area (Å²) in [6, 6.07) is 10.7. The van der Waals surface area contributed by atoms with Gasteiger partial charge in [-0.05, 0) is 37.6 Å². The minimum Gasteiger partial charge on any atom is -0.381 e. The lowest BCUT2D eigenvalue weighted by molar-refractivity contribution is 0.125. The van der Waals surface area contributed by atoms with Crippen LogP contribution in [0.15, 0.2) is 36.5 Å². The molecule has 0 aliphatic carbocycles. The molecule has 102 valence electrons. The van der Waals surface area contributed by atoms with Crippen molar-refractivity contribution < 1.29 is 4.74 Å². The van der Waals surface area contributed by atoms with E-state index in [1.54, 1.807) is 0 Å². The van der Waals surface area contributed by atoms with E-state index in [0.717, 1.165) is 31.6 Å². The van der Waals surface area contributed by atoms with E-state index >= 15 is 0 Å². The molecule has 0 bridgehead atoms. The fraction of sp³-hybridized carbons (Fsp3) is 0.438. The van der Waals surface area contributed by atoms with E-state index in [-0.39, 0.29) is 0 Å². The van der Waals surface area contributed by atoms with E-state index in [9.17, 15) is 0 Å². The number of para-hydroxylation sites is 1. The molecule has 1 atom stereocenters. The summed E-state index contributed by atoms with van der Waals surface area (Å²) in [6.45, 7) is 3.75.